The van der Waals surface area contributed by atoms with Gasteiger partial charge in [0.1, 0.15) is 0 Å². The van der Waals surface area contributed by atoms with Crippen LogP contribution < -0.4 is 10.6 Å². The number of carbonyl (C=O) groups is 2. The Morgan fingerprint density at radius 3 is 2.60 bits per heavy atom. The van der Waals surface area contributed by atoms with Gasteiger partial charge in [-0.1, -0.05) is 12.1 Å². The van der Waals surface area contributed by atoms with Crippen LogP contribution in [0.25, 0.3) is 0 Å². The molecule has 0 aliphatic carbocycles. The highest BCUT2D eigenvalue weighted by Crippen LogP contribution is 2.20. The van der Waals surface area contributed by atoms with Crippen LogP contribution in [0.15, 0.2) is 28.7 Å². The molecular formula is C14H19BrN2O3. The van der Waals surface area contributed by atoms with Gasteiger partial charge in [-0.05, 0) is 48.3 Å². The largest absolute Gasteiger partial charge is 0.379 e. The van der Waals surface area contributed by atoms with Crippen LogP contribution in [0.5, 0.6) is 0 Å². The van der Waals surface area contributed by atoms with E-state index in [1.165, 1.54) is 0 Å². The van der Waals surface area contributed by atoms with E-state index in [0.29, 0.717) is 25.3 Å². The van der Waals surface area contributed by atoms with Gasteiger partial charge >= 0.3 is 11.8 Å². The van der Waals surface area contributed by atoms with E-state index >= 15 is 0 Å². The molecule has 5 nitrogen and oxygen atoms in total. The number of para-hydroxylation sites is 1. The second kappa shape index (κ2) is 8.71. The fraction of sp³-hybridized carbons (Fsp3) is 0.429. The first-order valence-corrected chi connectivity index (χ1v) is 7.25. The van der Waals surface area contributed by atoms with Crippen molar-refractivity contribution in [3.63, 3.8) is 0 Å². The second-order valence-corrected chi connectivity index (χ2v) is 5.32. The van der Waals surface area contributed by atoms with Gasteiger partial charge in [0.25, 0.3) is 0 Å². The molecule has 0 saturated carbocycles. The van der Waals surface area contributed by atoms with Crippen LogP contribution in [0.2, 0.25) is 0 Å². The number of benzene rings is 1. The average molecular weight is 343 g/mol. The average Bonchev–Trinajstić information content (AvgIpc) is 2.40. The third kappa shape index (κ3) is 6.16. The van der Waals surface area contributed by atoms with E-state index in [4.69, 9.17) is 4.74 Å². The summed E-state index contributed by atoms with van der Waals surface area (Å²) in [7, 11) is 0. The van der Waals surface area contributed by atoms with Crippen LogP contribution in [-0.2, 0) is 14.3 Å². The predicted molar refractivity (Wildman–Crippen MR) is 81.5 cm³/mol. The Bertz CT molecular complexity index is 463. The van der Waals surface area contributed by atoms with Gasteiger partial charge in [0.15, 0.2) is 0 Å². The Labute approximate surface area is 127 Å². The number of rotatable bonds is 6. The summed E-state index contributed by atoms with van der Waals surface area (Å²) < 4.78 is 6.07. The lowest BCUT2D eigenvalue weighted by Crippen LogP contribution is -2.36. The van der Waals surface area contributed by atoms with Crippen molar-refractivity contribution in [2.24, 2.45) is 0 Å². The van der Waals surface area contributed by atoms with Crippen LogP contribution >= 0.6 is 15.9 Å². The van der Waals surface area contributed by atoms with Crippen molar-refractivity contribution in [1.82, 2.24) is 5.32 Å². The maximum atomic E-state index is 11.7. The highest BCUT2D eigenvalue weighted by atomic mass is 79.9. The molecular weight excluding hydrogens is 324 g/mol. The fourth-order valence-corrected chi connectivity index (χ4v) is 1.80. The van der Waals surface area contributed by atoms with Crippen LogP contribution in [0.1, 0.15) is 20.3 Å². The van der Waals surface area contributed by atoms with E-state index in [-0.39, 0.29) is 6.10 Å². The topological polar surface area (TPSA) is 67.4 Å². The van der Waals surface area contributed by atoms with Gasteiger partial charge in [-0.25, -0.2) is 0 Å². The predicted octanol–water partition coefficient (Wildman–Crippen LogP) is 2.32. The van der Waals surface area contributed by atoms with E-state index in [1.54, 1.807) is 18.2 Å². The molecule has 20 heavy (non-hydrogen) atoms. The summed E-state index contributed by atoms with van der Waals surface area (Å²) in [5, 5.41) is 5.09. The van der Waals surface area contributed by atoms with Gasteiger partial charge in [-0.15, -0.1) is 0 Å². The van der Waals surface area contributed by atoms with Gasteiger partial charge in [0, 0.05) is 17.6 Å². The molecule has 0 heterocycles. The molecule has 110 valence electrons. The molecule has 0 atom stereocenters. The number of anilines is 1. The summed E-state index contributed by atoms with van der Waals surface area (Å²) in [5.41, 5.74) is 0.566. The Balaban J connectivity index is 2.30. The lowest BCUT2D eigenvalue weighted by atomic mass is 10.3. The molecule has 1 rings (SSSR count). The summed E-state index contributed by atoms with van der Waals surface area (Å²) in [5.74, 6) is -1.33. The van der Waals surface area contributed by atoms with Crippen LogP contribution in [0.4, 0.5) is 5.69 Å². The van der Waals surface area contributed by atoms with Gasteiger partial charge in [0.2, 0.25) is 0 Å². The highest BCUT2D eigenvalue weighted by molar-refractivity contribution is 9.10. The fourth-order valence-electron chi connectivity index (χ4n) is 1.42. The van der Waals surface area contributed by atoms with Gasteiger partial charge in [0.05, 0.1) is 11.8 Å². The number of hydrogen-bond donors (Lipinski definition) is 2. The first-order valence-electron chi connectivity index (χ1n) is 6.46. The molecule has 6 heteroatoms. The number of nitrogens with one attached hydrogen (secondary N) is 2. The van der Waals surface area contributed by atoms with Crippen LogP contribution in [0.3, 0.4) is 0 Å². The zero-order valence-corrected chi connectivity index (χ0v) is 13.2. The molecule has 0 unspecified atom stereocenters. The summed E-state index contributed by atoms with van der Waals surface area (Å²) in [6, 6.07) is 7.11. The minimum atomic E-state index is -0.679. The Morgan fingerprint density at radius 2 is 1.95 bits per heavy atom. The van der Waals surface area contributed by atoms with Crippen LogP contribution in [0, 0.1) is 0 Å². The number of ether oxygens (including phenoxy) is 1. The van der Waals surface area contributed by atoms with Crippen molar-refractivity contribution >= 4 is 33.4 Å². The zero-order valence-electron chi connectivity index (χ0n) is 11.6. The zero-order chi connectivity index (χ0) is 15.0. The number of amides is 2. The normalized spacial score (nSPS) is 10.4. The standard InChI is InChI=1S/C14H19BrN2O3/c1-10(2)20-9-5-8-16-13(18)14(19)17-12-7-4-3-6-11(12)15/h3-4,6-7,10H,5,8-9H2,1-2H3,(H,16,18)(H,17,19). The minimum Gasteiger partial charge on any atom is -0.379 e. The molecule has 0 saturated heterocycles. The van der Waals surface area contributed by atoms with Gasteiger partial charge in [-0.2, -0.15) is 0 Å². The van der Waals surface area contributed by atoms with Crippen LogP contribution in [-0.4, -0.2) is 31.1 Å². The molecule has 2 N–H and O–H groups in total. The van der Waals surface area contributed by atoms with Crippen molar-refractivity contribution < 1.29 is 14.3 Å². The Kier molecular flexibility index (Phi) is 7.25. The van der Waals surface area contributed by atoms with Crippen molar-refractivity contribution in [2.45, 2.75) is 26.4 Å². The van der Waals surface area contributed by atoms with E-state index in [9.17, 15) is 9.59 Å². The summed E-state index contributed by atoms with van der Waals surface area (Å²) >= 11 is 3.30. The van der Waals surface area contributed by atoms with Gasteiger partial charge in [-0.3, -0.25) is 9.59 Å². The Hall–Kier alpha value is -1.40. The molecule has 2 amide bonds. The number of carbonyl (C=O) groups excluding carboxylic acids is 2. The van der Waals surface area contributed by atoms with E-state index in [0.717, 1.165) is 4.47 Å². The molecule has 0 radical (unpaired) electrons. The van der Waals surface area contributed by atoms with Crippen molar-refractivity contribution in [2.75, 3.05) is 18.5 Å². The monoisotopic (exact) mass is 342 g/mol. The molecule has 1 aromatic rings. The lowest BCUT2D eigenvalue weighted by Gasteiger charge is -2.09. The third-order valence-electron chi connectivity index (χ3n) is 2.39. The van der Waals surface area contributed by atoms with Gasteiger partial charge < -0.3 is 15.4 Å². The summed E-state index contributed by atoms with van der Waals surface area (Å²) in [6.45, 7) is 4.87. The SMILES string of the molecule is CC(C)OCCCNC(=O)C(=O)Nc1ccccc1Br. The molecule has 0 bridgehead atoms. The lowest BCUT2D eigenvalue weighted by molar-refractivity contribution is -0.136. The molecule has 0 fully saturated rings. The first-order chi connectivity index (χ1) is 9.50. The van der Waals surface area contributed by atoms with Crippen molar-refractivity contribution in [1.29, 1.82) is 0 Å². The second-order valence-electron chi connectivity index (χ2n) is 4.46. The third-order valence-corrected chi connectivity index (χ3v) is 3.08. The van der Waals surface area contributed by atoms with Crippen molar-refractivity contribution in [3.8, 4) is 0 Å². The molecule has 0 aliphatic rings. The summed E-state index contributed by atoms with van der Waals surface area (Å²) in [6.07, 6.45) is 0.844. The smallest absolute Gasteiger partial charge is 0.313 e. The highest BCUT2D eigenvalue weighted by Gasteiger charge is 2.13. The maximum absolute atomic E-state index is 11.7. The van der Waals surface area contributed by atoms with E-state index < -0.39 is 11.8 Å². The molecule has 1 aromatic carbocycles. The molecule has 0 spiro atoms. The minimum absolute atomic E-state index is 0.171. The summed E-state index contributed by atoms with van der Waals surface area (Å²) in [4.78, 5) is 23.2. The van der Waals surface area contributed by atoms with E-state index in [1.807, 2.05) is 19.9 Å². The Morgan fingerprint density at radius 1 is 1.25 bits per heavy atom. The maximum Gasteiger partial charge on any atom is 0.313 e. The van der Waals surface area contributed by atoms with E-state index in [2.05, 4.69) is 26.6 Å². The first kappa shape index (κ1) is 16.7. The quantitative estimate of drug-likeness (QED) is 0.615. The molecule has 0 aromatic heterocycles. The van der Waals surface area contributed by atoms with Crippen molar-refractivity contribution in [3.05, 3.63) is 28.7 Å². The number of hydrogen-bond acceptors (Lipinski definition) is 3. The molecule has 0 aliphatic heterocycles. The number of halogens is 1.